The van der Waals surface area contributed by atoms with Gasteiger partial charge >= 0.3 is 5.97 Å². The van der Waals surface area contributed by atoms with Crippen LogP contribution < -0.4 is 4.72 Å². The topological polar surface area (TPSA) is 94.5 Å². The molecule has 4 rings (SSSR count). The second kappa shape index (κ2) is 8.91. The molecule has 0 saturated carbocycles. The molecule has 0 aliphatic rings. The summed E-state index contributed by atoms with van der Waals surface area (Å²) in [5, 5.41) is 0.763. The van der Waals surface area contributed by atoms with Crippen LogP contribution in [0.2, 0.25) is 0 Å². The van der Waals surface area contributed by atoms with Crippen molar-refractivity contribution in [2.24, 2.45) is 7.05 Å². The van der Waals surface area contributed by atoms with Gasteiger partial charge in [-0.2, -0.15) is 0 Å². The molecule has 7 nitrogen and oxygen atoms in total. The van der Waals surface area contributed by atoms with Crippen molar-refractivity contribution in [3.05, 3.63) is 90.0 Å². The van der Waals surface area contributed by atoms with Gasteiger partial charge in [-0.15, -0.1) is 0 Å². The van der Waals surface area contributed by atoms with Gasteiger partial charge in [0, 0.05) is 18.0 Å². The maximum atomic E-state index is 13.3. The number of ether oxygens (including phenoxy) is 1. The first kappa shape index (κ1) is 22.3. The molecule has 0 radical (unpaired) electrons. The Hall–Kier alpha value is -3.91. The summed E-state index contributed by atoms with van der Waals surface area (Å²) in [6.45, 7) is -0.486. The van der Waals surface area contributed by atoms with Crippen molar-refractivity contribution < 1.29 is 22.7 Å². The van der Waals surface area contributed by atoms with E-state index in [0.29, 0.717) is 5.56 Å². The summed E-state index contributed by atoms with van der Waals surface area (Å²) in [6, 6.07) is 23.2. The van der Waals surface area contributed by atoms with E-state index < -0.39 is 22.6 Å². The Kier molecular flexibility index (Phi) is 6.02. The second-order valence-electron chi connectivity index (χ2n) is 7.58. The van der Waals surface area contributed by atoms with Crippen molar-refractivity contribution in [2.75, 3.05) is 17.6 Å². The van der Waals surface area contributed by atoms with E-state index in [9.17, 15) is 18.0 Å². The maximum Gasteiger partial charge on any atom is 0.340 e. The fourth-order valence-electron chi connectivity index (χ4n) is 3.84. The minimum Gasteiger partial charge on any atom is -0.454 e. The molecule has 1 N–H and O–H groups in total. The number of ketones is 1. The molecule has 4 aromatic rings. The SMILES string of the molecule is Cn1c(-c2ccccc2)c(C(=O)COC(=O)c2ccccc2NS(C)(=O)=O)c2ccccc21. The highest BCUT2D eigenvalue weighted by Crippen LogP contribution is 2.33. The van der Waals surface area contributed by atoms with Crippen LogP contribution in [-0.2, 0) is 21.8 Å². The molecule has 0 fully saturated rings. The average molecular weight is 463 g/mol. The molecular formula is C25H22N2O5S. The number of esters is 1. The smallest absolute Gasteiger partial charge is 0.340 e. The first-order chi connectivity index (χ1) is 15.8. The highest BCUT2D eigenvalue weighted by atomic mass is 32.2. The summed E-state index contributed by atoms with van der Waals surface area (Å²) in [6.07, 6.45) is 0.990. The van der Waals surface area contributed by atoms with Crippen LogP contribution in [0.4, 0.5) is 5.69 Å². The monoisotopic (exact) mass is 462 g/mol. The van der Waals surface area contributed by atoms with Crippen molar-refractivity contribution in [1.29, 1.82) is 0 Å². The van der Waals surface area contributed by atoms with Crippen molar-refractivity contribution in [1.82, 2.24) is 4.57 Å². The highest BCUT2D eigenvalue weighted by molar-refractivity contribution is 7.92. The third kappa shape index (κ3) is 4.65. The number of sulfonamides is 1. The predicted molar refractivity (Wildman–Crippen MR) is 128 cm³/mol. The van der Waals surface area contributed by atoms with E-state index in [1.807, 2.05) is 66.2 Å². The van der Waals surface area contributed by atoms with E-state index in [2.05, 4.69) is 4.72 Å². The van der Waals surface area contributed by atoms with Gasteiger partial charge in [0.2, 0.25) is 15.8 Å². The van der Waals surface area contributed by atoms with E-state index in [4.69, 9.17) is 4.74 Å². The van der Waals surface area contributed by atoms with E-state index in [0.717, 1.165) is 28.4 Å². The van der Waals surface area contributed by atoms with Gasteiger partial charge in [-0.1, -0.05) is 60.7 Å². The summed E-state index contributed by atoms with van der Waals surface area (Å²) < 4.78 is 32.8. The Bertz CT molecular complexity index is 1460. The Labute approximate surface area is 191 Å². The summed E-state index contributed by atoms with van der Waals surface area (Å²) in [4.78, 5) is 26.0. The third-order valence-electron chi connectivity index (χ3n) is 5.21. The van der Waals surface area contributed by atoms with Gasteiger partial charge < -0.3 is 9.30 Å². The number of fused-ring (bicyclic) bond motifs is 1. The number of carbonyl (C=O) groups is 2. The first-order valence-electron chi connectivity index (χ1n) is 10.2. The number of aromatic nitrogens is 1. The van der Waals surface area contributed by atoms with Crippen LogP contribution in [0.25, 0.3) is 22.2 Å². The molecule has 0 amide bonds. The zero-order chi connectivity index (χ0) is 23.6. The van der Waals surface area contributed by atoms with Crippen LogP contribution >= 0.6 is 0 Å². The lowest BCUT2D eigenvalue weighted by atomic mass is 10.0. The predicted octanol–water partition coefficient (Wildman–Crippen LogP) is 4.26. The number of hydrogen-bond acceptors (Lipinski definition) is 5. The van der Waals surface area contributed by atoms with Crippen molar-refractivity contribution >= 4 is 38.4 Å². The molecule has 0 atom stereocenters. The van der Waals surface area contributed by atoms with Crippen LogP contribution in [0.5, 0.6) is 0 Å². The van der Waals surface area contributed by atoms with Crippen LogP contribution in [0, 0.1) is 0 Å². The summed E-state index contributed by atoms with van der Waals surface area (Å²) in [5.41, 5.74) is 3.07. The minimum absolute atomic E-state index is 0.0249. The number of para-hydroxylation sites is 2. The van der Waals surface area contributed by atoms with Crippen LogP contribution in [0.1, 0.15) is 20.7 Å². The lowest BCUT2D eigenvalue weighted by Crippen LogP contribution is -2.18. The molecule has 33 heavy (non-hydrogen) atoms. The molecule has 0 saturated heterocycles. The number of benzene rings is 3. The third-order valence-corrected chi connectivity index (χ3v) is 5.80. The Morgan fingerprint density at radius 2 is 1.55 bits per heavy atom. The van der Waals surface area contributed by atoms with E-state index >= 15 is 0 Å². The lowest BCUT2D eigenvalue weighted by molar-refractivity contribution is 0.0476. The first-order valence-corrected chi connectivity index (χ1v) is 12.1. The molecule has 0 spiro atoms. The highest BCUT2D eigenvalue weighted by Gasteiger charge is 2.24. The molecule has 1 aromatic heterocycles. The summed E-state index contributed by atoms with van der Waals surface area (Å²) in [5.74, 6) is -1.15. The van der Waals surface area contributed by atoms with Gasteiger partial charge in [-0.05, 0) is 23.8 Å². The maximum absolute atomic E-state index is 13.3. The Morgan fingerprint density at radius 1 is 0.909 bits per heavy atom. The van der Waals surface area contributed by atoms with Crippen LogP contribution in [0.3, 0.4) is 0 Å². The lowest BCUT2D eigenvalue weighted by Gasteiger charge is -2.11. The van der Waals surface area contributed by atoms with Crippen molar-refractivity contribution in [3.63, 3.8) is 0 Å². The molecular weight excluding hydrogens is 440 g/mol. The number of Topliss-reactive ketones (excluding diaryl/α,β-unsaturated/α-hetero) is 1. The summed E-state index contributed by atoms with van der Waals surface area (Å²) >= 11 is 0. The number of hydrogen-bond donors (Lipinski definition) is 1. The molecule has 0 aliphatic heterocycles. The fourth-order valence-corrected chi connectivity index (χ4v) is 4.42. The molecule has 1 heterocycles. The van der Waals surface area contributed by atoms with Gasteiger partial charge in [0.25, 0.3) is 0 Å². The average Bonchev–Trinajstić information content (AvgIpc) is 3.10. The zero-order valence-corrected chi connectivity index (χ0v) is 18.9. The number of rotatable bonds is 7. The summed E-state index contributed by atoms with van der Waals surface area (Å²) in [7, 11) is -1.70. The van der Waals surface area contributed by atoms with Gasteiger partial charge in [-0.25, -0.2) is 13.2 Å². The molecule has 3 aromatic carbocycles. The number of carbonyl (C=O) groups excluding carboxylic acids is 2. The number of nitrogens with one attached hydrogen (secondary N) is 1. The quantitative estimate of drug-likeness (QED) is 0.327. The van der Waals surface area contributed by atoms with E-state index in [1.54, 1.807) is 12.1 Å². The largest absolute Gasteiger partial charge is 0.454 e. The number of aryl methyl sites for hydroxylation is 1. The molecule has 168 valence electrons. The van der Waals surface area contributed by atoms with Gasteiger partial charge in [0.15, 0.2) is 6.61 Å². The van der Waals surface area contributed by atoms with Crippen molar-refractivity contribution in [3.8, 4) is 11.3 Å². The van der Waals surface area contributed by atoms with Crippen LogP contribution in [-0.4, -0.2) is 37.6 Å². The second-order valence-corrected chi connectivity index (χ2v) is 9.33. The molecule has 0 unspecified atom stereocenters. The van der Waals surface area contributed by atoms with Crippen molar-refractivity contribution in [2.45, 2.75) is 0 Å². The van der Waals surface area contributed by atoms with Crippen LogP contribution in [0.15, 0.2) is 78.9 Å². The van der Waals surface area contributed by atoms with E-state index in [1.165, 1.54) is 12.1 Å². The van der Waals surface area contributed by atoms with Gasteiger partial charge in [-0.3, -0.25) is 9.52 Å². The van der Waals surface area contributed by atoms with Gasteiger partial charge in [0.1, 0.15) is 0 Å². The van der Waals surface area contributed by atoms with E-state index in [-0.39, 0.29) is 17.0 Å². The molecule has 0 aliphatic carbocycles. The standard InChI is InChI=1S/C25H22N2O5S/c1-27-21-15-9-7-13-19(21)23(24(27)17-10-4-3-5-11-17)22(28)16-32-25(29)18-12-6-8-14-20(18)26-33(2,30)31/h3-15,26H,16H2,1-2H3. The normalized spacial score (nSPS) is 11.3. The number of nitrogens with zero attached hydrogens (tertiary/aromatic N) is 1. The minimum atomic E-state index is -3.59. The molecule has 8 heteroatoms. The van der Waals surface area contributed by atoms with Gasteiger partial charge in [0.05, 0.1) is 28.8 Å². The zero-order valence-electron chi connectivity index (χ0n) is 18.1. The Morgan fingerprint density at radius 3 is 2.27 bits per heavy atom. The molecule has 0 bridgehead atoms. The number of anilines is 1. The Balaban J connectivity index is 1.66. The fraction of sp³-hybridized carbons (Fsp3) is 0.120.